The van der Waals surface area contributed by atoms with Crippen LogP contribution in [0.4, 0.5) is 10.5 Å². The Bertz CT molecular complexity index is 435. The Morgan fingerprint density at radius 3 is 2.83 bits per heavy atom. The molecule has 1 aliphatic carbocycles. The largest absolute Gasteiger partial charge is 0.322 e. The number of anilines is 1. The fourth-order valence-electron chi connectivity index (χ4n) is 3.06. The van der Waals surface area contributed by atoms with Crippen molar-refractivity contribution in [1.82, 2.24) is 4.90 Å². The molecule has 3 nitrogen and oxygen atoms in total. The Morgan fingerprint density at radius 2 is 2.06 bits per heavy atom. The molecule has 4 heteroatoms. The van der Waals surface area contributed by atoms with Gasteiger partial charge in [0.25, 0.3) is 0 Å². The number of rotatable bonds is 1. The van der Waals surface area contributed by atoms with Gasteiger partial charge in [-0.15, -0.1) is 11.3 Å². The zero-order valence-corrected chi connectivity index (χ0v) is 11.6. The fourth-order valence-corrected chi connectivity index (χ4v) is 3.88. The van der Waals surface area contributed by atoms with Crippen LogP contribution >= 0.6 is 11.3 Å². The molecule has 2 aliphatic rings. The molecule has 2 heterocycles. The van der Waals surface area contributed by atoms with E-state index < -0.39 is 0 Å². The minimum Gasteiger partial charge on any atom is -0.321 e. The van der Waals surface area contributed by atoms with E-state index >= 15 is 0 Å². The lowest BCUT2D eigenvalue weighted by molar-refractivity contribution is 0.158. The zero-order chi connectivity index (χ0) is 12.5. The van der Waals surface area contributed by atoms with E-state index in [9.17, 15) is 4.79 Å². The van der Waals surface area contributed by atoms with Crippen LogP contribution in [0, 0.1) is 5.92 Å². The number of carbonyl (C=O) groups is 1. The topological polar surface area (TPSA) is 32.3 Å². The summed E-state index contributed by atoms with van der Waals surface area (Å²) in [4.78, 5) is 14.3. The van der Waals surface area contributed by atoms with E-state index in [4.69, 9.17) is 0 Å². The van der Waals surface area contributed by atoms with Crippen LogP contribution in [0.3, 0.4) is 0 Å². The van der Waals surface area contributed by atoms with Crippen LogP contribution in [-0.2, 0) is 6.42 Å². The monoisotopic (exact) mass is 264 g/mol. The van der Waals surface area contributed by atoms with Gasteiger partial charge in [-0.1, -0.05) is 6.92 Å². The van der Waals surface area contributed by atoms with Gasteiger partial charge in [0.1, 0.15) is 0 Å². The van der Waals surface area contributed by atoms with Crippen molar-refractivity contribution >= 4 is 23.1 Å². The van der Waals surface area contributed by atoms with Crippen LogP contribution in [0.2, 0.25) is 0 Å². The first-order valence-corrected chi connectivity index (χ1v) is 7.81. The van der Waals surface area contributed by atoms with Crippen molar-refractivity contribution in [2.45, 2.75) is 45.1 Å². The predicted molar refractivity (Wildman–Crippen MR) is 75.2 cm³/mol. The van der Waals surface area contributed by atoms with Crippen molar-refractivity contribution in [2.75, 3.05) is 11.9 Å². The van der Waals surface area contributed by atoms with Crippen molar-refractivity contribution < 1.29 is 4.79 Å². The lowest BCUT2D eigenvalue weighted by atomic mass is 9.86. The van der Waals surface area contributed by atoms with E-state index in [-0.39, 0.29) is 6.03 Å². The third-order valence-electron chi connectivity index (χ3n) is 4.29. The van der Waals surface area contributed by atoms with Gasteiger partial charge in [0.2, 0.25) is 0 Å². The quantitative estimate of drug-likeness (QED) is 0.824. The van der Waals surface area contributed by atoms with Gasteiger partial charge >= 0.3 is 6.03 Å². The molecule has 2 amide bonds. The van der Waals surface area contributed by atoms with Gasteiger partial charge < -0.3 is 10.2 Å². The number of hydrogen-bond donors (Lipinski definition) is 1. The van der Waals surface area contributed by atoms with E-state index in [0.29, 0.717) is 6.04 Å². The normalized spacial score (nSPS) is 28.5. The highest BCUT2D eigenvalue weighted by atomic mass is 32.1. The number of nitrogens with one attached hydrogen (secondary N) is 1. The van der Waals surface area contributed by atoms with E-state index in [0.717, 1.165) is 24.6 Å². The Balaban J connectivity index is 1.71. The van der Waals surface area contributed by atoms with Crippen molar-refractivity contribution in [1.29, 1.82) is 0 Å². The molecule has 0 atom stereocenters. The van der Waals surface area contributed by atoms with Gasteiger partial charge in [0, 0.05) is 18.0 Å². The smallest absolute Gasteiger partial charge is 0.321 e. The third kappa shape index (κ3) is 2.26. The molecule has 1 aliphatic heterocycles. The molecule has 3 rings (SSSR count). The molecular formula is C14H20N2OS. The number of urea groups is 1. The third-order valence-corrected chi connectivity index (χ3v) is 5.09. The van der Waals surface area contributed by atoms with Crippen LogP contribution in [0.15, 0.2) is 10.8 Å². The maximum Gasteiger partial charge on any atom is 0.322 e. The van der Waals surface area contributed by atoms with E-state index in [1.807, 2.05) is 5.38 Å². The van der Waals surface area contributed by atoms with Crippen LogP contribution in [-0.4, -0.2) is 23.5 Å². The lowest BCUT2D eigenvalue weighted by Crippen LogP contribution is -2.44. The summed E-state index contributed by atoms with van der Waals surface area (Å²) in [5, 5.41) is 7.25. The highest BCUT2D eigenvalue weighted by Crippen LogP contribution is 2.30. The van der Waals surface area contributed by atoms with Gasteiger partial charge in [-0.3, -0.25) is 0 Å². The number of hydrogen-bond acceptors (Lipinski definition) is 2. The fraction of sp³-hybridized carbons (Fsp3) is 0.643. The van der Waals surface area contributed by atoms with Crippen LogP contribution in [0.1, 0.15) is 38.2 Å². The van der Waals surface area contributed by atoms with Crippen LogP contribution in [0.5, 0.6) is 0 Å². The average Bonchev–Trinajstić information content (AvgIpc) is 2.73. The zero-order valence-electron chi connectivity index (χ0n) is 10.8. The van der Waals surface area contributed by atoms with Crippen LogP contribution in [0.25, 0.3) is 0 Å². The summed E-state index contributed by atoms with van der Waals surface area (Å²) in [6, 6.07) is 0.556. The molecule has 0 bridgehead atoms. The van der Waals surface area contributed by atoms with Crippen molar-refractivity contribution in [2.24, 2.45) is 5.92 Å². The number of amides is 2. The summed E-state index contributed by atoms with van der Waals surface area (Å²) < 4.78 is 0. The summed E-state index contributed by atoms with van der Waals surface area (Å²) >= 11 is 1.67. The van der Waals surface area contributed by atoms with E-state index in [2.05, 4.69) is 22.5 Å². The Morgan fingerprint density at radius 1 is 1.28 bits per heavy atom. The summed E-state index contributed by atoms with van der Waals surface area (Å²) in [6.45, 7) is 3.19. The standard InChI is InChI=1S/C14H20N2OS/c1-10-2-4-12(5-3-10)16-7-6-11-8-18-9-13(11)15-14(16)17/h8-10,12H,2-7H2,1H3,(H,15,17). The first-order chi connectivity index (χ1) is 8.74. The molecule has 1 saturated carbocycles. The predicted octanol–water partition coefficient (Wildman–Crippen LogP) is 3.72. The Kier molecular flexibility index (Phi) is 3.29. The second kappa shape index (κ2) is 4.92. The maximum absolute atomic E-state index is 12.3. The average molecular weight is 264 g/mol. The maximum atomic E-state index is 12.3. The number of thiophene rings is 1. The summed E-state index contributed by atoms with van der Waals surface area (Å²) in [6.07, 6.45) is 5.85. The summed E-state index contributed by atoms with van der Waals surface area (Å²) in [7, 11) is 0. The van der Waals surface area contributed by atoms with Crippen molar-refractivity contribution in [3.63, 3.8) is 0 Å². The molecule has 0 unspecified atom stereocenters. The Hall–Kier alpha value is -1.03. The van der Waals surface area contributed by atoms with Gasteiger partial charge in [0.05, 0.1) is 5.69 Å². The minimum absolute atomic E-state index is 0.103. The highest BCUT2D eigenvalue weighted by Gasteiger charge is 2.29. The molecule has 1 fully saturated rings. The summed E-state index contributed by atoms with van der Waals surface area (Å²) in [5.74, 6) is 0.831. The molecule has 1 N–H and O–H groups in total. The summed E-state index contributed by atoms with van der Waals surface area (Å²) in [5.41, 5.74) is 2.32. The van der Waals surface area contributed by atoms with E-state index in [1.165, 1.54) is 31.2 Å². The highest BCUT2D eigenvalue weighted by molar-refractivity contribution is 7.08. The lowest BCUT2D eigenvalue weighted by Gasteiger charge is -2.35. The Labute approximate surface area is 112 Å². The molecule has 0 saturated heterocycles. The van der Waals surface area contributed by atoms with Gasteiger partial charge in [-0.05, 0) is 49.0 Å². The van der Waals surface area contributed by atoms with Crippen LogP contribution < -0.4 is 5.32 Å². The molecule has 18 heavy (non-hydrogen) atoms. The molecular weight excluding hydrogens is 244 g/mol. The van der Waals surface area contributed by atoms with Gasteiger partial charge in [0.15, 0.2) is 0 Å². The number of fused-ring (bicyclic) bond motifs is 1. The molecule has 1 aromatic heterocycles. The molecule has 0 spiro atoms. The number of nitrogens with zero attached hydrogens (tertiary/aromatic N) is 1. The van der Waals surface area contributed by atoms with Gasteiger partial charge in [-0.25, -0.2) is 4.79 Å². The molecule has 1 aromatic rings. The van der Waals surface area contributed by atoms with Crippen molar-refractivity contribution in [3.8, 4) is 0 Å². The molecule has 98 valence electrons. The molecule has 0 radical (unpaired) electrons. The van der Waals surface area contributed by atoms with Crippen molar-refractivity contribution in [3.05, 3.63) is 16.3 Å². The first kappa shape index (κ1) is 12.0. The SMILES string of the molecule is CC1CCC(N2CCc3cscc3NC2=O)CC1. The second-order valence-electron chi connectivity index (χ2n) is 5.60. The molecule has 0 aromatic carbocycles. The second-order valence-corrected chi connectivity index (χ2v) is 6.34. The number of carbonyl (C=O) groups excluding carboxylic acids is 1. The first-order valence-electron chi connectivity index (χ1n) is 6.86. The van der Waals surface area contributed by atoms with E-state index in [1.54, 1.807) is 11.3 Å². The van der Waals surface area contributed by atoms with Gasteiger partial charge in [-0.2, -0.15) is 0 Å². The minimum atomic E-state index is 0.103.